The van der Waals surface area contributed by atoms with Crippen molar-refractivity contribution < 1.29 is 0 Å². The molecule has 0 amide bonds. The summed E-state index contributed by atoms with van der Waals surface area (Å²) in [5.41, 5.74) is 6.37. The third-order valence-corrected chi connectivity index (χ3v) is 9.52. The molecule has 7 rings (SSSR count). The number of amidine groups is 1. The fourth-order valence-corrected chi connectivity index (χ4v) is 7.89. The van der Waals surface area contributed by atoms with E-state index in [4.69, 9.17) is 16.6 Å². The van der Waals surface area contributed by atoms with E-state index in [2.05, 4.69) is 63.7 Å². The average Bonchev–Trinajstić information content (AvgIpc) is 3.38. The summed E-state index contributed by atoms with van der Waals surface area (Å²) in [4.78, 5) is 12.4. The van der Waals surface area contributed by atoms with Gasteiger partial charge in [0, 0.05) is 22.9 Å². The number of aromatic nitrogens is 1. The highest BCUT2D eigenvalue weighted by atomic mass is 35.5. The maximum Gasteiger partial charge on any atom is 0.183 e. The van der Waals surface area contributed by atoms with Crippen molar-refractivity contribution in [1.82, 2.24) is 9.88 Å². The first-order valence-electron chi connectivity index (χ1n) is 12.2. The number of rotatable bonds is 6. The van der Waals surface area contributed by atoms with E-state index in [9.17, 15) is 0 Å². The van der Waals surface area contributed by atoms with Crippen molar-refractivity contribution in [2.75, 3.05) is 11.9 Å². The number of fused-ring (bicyclic) bond motifs is 4. The lowest BCUT2D eigenvalue weighted by molar-refractivity contribution is 0.330. The molecule has 7 heteroatoms. The number of anilines is 1. The zero-order chi connectivity index (χ0) is 23.4. The second kappa shape index (κ2) is 8.84. The molecule has 1 saturated heterocycles. The summed E-state index contributed by atoms with van der Waals surface area (Å²) >= 11 is 9.72. The minimum Gasteiger partial charge on any atom is -0.361 e. The monoisotopic (exact) mass is 516 g/mol. The number of aliphatic imine (C=N–C) groups is 1. The van der Waals surface area contributed by atoms with E-state index in [1.807, 2.05) is 30.0 Å². The van der Waals surface area contributed by atoms with Gasteiger partial charge in [-0.15, -0.1) is 0 Å². The van der Waals surface area contributed by atoms with Crippen LogP contribution in [0.2, 0.25) is 5.02 Å². The summed E-state index contributed by atoms with van der Waals surface area (Å²) in [5, 5.41) is 6.95. The Morgan fingerprint density at radius 1 is 1.06 bits per heavy atom. The Bertz CT molecular complexity index is 1430. The normalized spacial score (nSPS) is 22.1. The molecule has 176 valence electrons. The molecule has 3 aromatic carbocycles. The lowest BCUT2D eigenvalue weighted by Gasteiger charge is -2.26. The van der Waals surface area contributed by atoms with E-state index in [0.29, 0.717) is 17.3 Å². The molecule has 2 heterocycles. The number of nitrogens with one attached hydrogen (secondary N) is 1. The molecule has 2 fully saturated rings. The van der Waals surface area contributed by atoms with Crippen LogP contribution in [-0.2, 0) is 12.8 Å². The number of halogens is 1. The largest absolute Gasteiger partial charge is 0.361 e. The highest BCUT2D eigenvalue weighted by Crippen LogP contribution is 2.53. The Hall–Kier alpha value is -2.54. The van der Waals surface area contributed by atoms with Crippen LogP contribution in [0.4, 0.5) is 10.8 Å². The molecule has 2 aliphatic carbocycles. The molecule has 0 bridgehead atoms. The van der Waals surface area contributed by atoms with Crippen molar-refractivity contribution in [3.05, 3.63) is 88.4 Å². The van der Waals surface area contributed by atoms with Crippen molar-refractivity contribution in [2.45, 2.75) is 43.0 Å². The number of nitrogens with zero attached hydrogens (tertiary/aromatic N) is 3. The second-order valence-corrected chi connectivity index (χ2v) is 12.2. The molecule has 35 heavy (non-hydrogen) atoms. The van der Waals surface area contributed by atoms with E-state index in [1.54, 1.807) is 11.3 Å². The van der Waals surface area contributed by atoms with Crippen LogP contribution in [0.25, 0.3) is 10.2 Å². The Morgan fingerprint density at radius 3 is 2.77 bits per heavy atom. The van der Waals surface area contributed by atoms with Crippen LogP contribution in [0.1, 0.15) is 35.6 Å². The standard InChI is InChI=1S/C28H25ClN4S2/c29-19-7-12-23-24(16-19)34-27(32-23)30-14-13-17-5-8-20(9-6-17)31-28-33(21-10-11-21)26-22-4-2-1-3-18(22)15-25(26)35-28/h1-9,12,16,21,25-26H,10-11,13-15H2,(H,30,32)/t25?,26-/m0/s1. The van der Waals surface area contributed by atoms with Crippen LogP contribution in [0.5, 0.6) is 0 Å². The number of hydrogen-bond donors (Lipinski definition) is 1. The van der Waals surface area contributed by atoms with Gasteiger partial charge in [-0.1, -0.05) is 71.1 Å². The molecular weight excluding hydrogens is 492 g/mol. The fraction of sp³-hybridized carbons (Fsp3) is 0.286. The van der Waals surface area contributed by atoms with E-state index >= 15 is 0 Å². The van der Waals surface area contributed by atoms with Gasteiger partial charge in [0.1, 0.15) is 0 Å². The van der Waals surface area contributed by atoms with Gasteiger partial charge in [0.15, 0.2) is 10.3 Å². The second-order valence-electron chi connectivity index (χ2n) is 9.51. The quantitative estimate of drug-likeness (QED) is 0.288. The Labute approximate surface area is 218 Å². The molecular formula is C28H25ClN4S2. The third-order valence-electron chi connectivity index (χ3n) is 7.07. The van der Waals surface area contributed by atoms with E-state index in [-0.39, 0.29) is 0 Å². The topological polar surface area (TPSA) is 40.5 Å². The molecule has 2 atom stereocenters. The van der Waals surface area contributed by atoms with Crippen LogP contribution >= 0.6 is 34.7 Å². The molecule has 1 N–H and O–H groups in total. The van der Waals surface area contributed by atoms with Gasteiger partial charge in [-0.2, -0.15) is 0 Å². The number of thioether (sulfide) groups is 1. The minimum atomic E-state index is 0.492. The Balaban J connectivity index is 1.02. The molecule has 4 nitrogen and oxygen atoms in total. The molecule has 3 aliphatic rings. The molecule has 4 aromatic rings. The van der Waals surface area contributed by atoms with E-state index in [0.717, 1.165) is 45.4 Å². The van der Waals surface area contributed by atoms with Gasteiger partial charge in [0.2, 0.25) is 0 Å². The first-order chi connectivity index (χ1) is 17.2. The van der Waals surface area contributed by atoms with Crippen LogP contribution in [0, 0.1) is 0 Å². The van der Waals surface area contributed by atoms with Crippen molar-refractivity contribution >= 4 is 60.9 Å². The summed E-state index contributed by atoms with van der Waals surface area (Å²) in [6.07, 6.45) is 4.68. The van der Waals surface area contributed by atoms with Gasteiger partial charge >= 0.3 is 0 Å². The molecule has 1 unspecified atom stereocenters. The SMILES string of the molecule is Clc1ccc2nc(NCCc3ccc(N=C4SC5Cc6ccccc6[C@@H]5N4C4CC4)cc3)sc2c1. The number of benzene rings is 3. The lowest BCUT2D eigenvalue weighted by Crippen LogP contribution is -2.30. The van der Waals surface area contributed by atoms with Crippen LogP contribution < -0.4 is 5.32 Å². The highest BCUT2D eigenvalue weighted by molar-refractivity contribution is 8.14. The van der Waals surface area contributed by atoms with Gasteiger partial charge < -0.3 is 10.2 Å². The van der Waals surface area contributed by atoms with E-state index in [1.165, 1.54) is 34.7 Å². The smallest absolute Gasteiger partial charge is 0.183 e. The van der Waals surface area contributed by atoms with Crippen molar-refractivity contribution in [3.8, 4) is 0 Å². The van der Waals surface area contributed by atoms with Gasteiger partial charge in [-0.05, 0) is 72.7 Å². The zero-order valence-corrected chi connectivity index (χ0v) is 21.5. The number of hydrogen-bond acceptors (Lipinski definition) is 5. The Morgan fingerprint density at radius 2 is 1.91 bits per heavy atom. The maximum absolute atomic E-state index is 6.09. The summed E-state index contributed by atoms with van der Waals surface area (Å²) in [6, 6.07) is 24.7. The first-order valence-corrected chi connectivity index (χ1v) is 14.3. The molecule has 1 aromatic heterocycles. The third kappa shape index (κ3) is 4.22. The van der Waals surface area contributed by atoms with Gasteiger partial charge in [-0.3, -0.25) is 0 Å². The zero-order valence-electron chi connectivity index (χ0n) is 19.2. The molecule has 1 saturated carbocycles. The van der Waals surface area contributed by atoms with Crippen molar-refractivity contribution in [2.24, 2.45) is 4.99 Å². The average molecular weight is 517 g/mol. The predicted octanol–water partition coefficient (Wildman–Crippen LogP) is 7.47. The van der Waals surface area contributed by atoms with Crippen molar-refractivity contribution in [3.63, 3.8) is 0 Å². The minimum absolute atomic E-state index is 0.492. The summed E-state index contributed by atoms with van der Waals surface area (Å²) < 4.78 is 1.11. The molecule has 0 spiro atoms. The van der Waals surface area contributed by atoms with Gasteiger partial charge in [0.25, 0.3) is 0 Å². The summed E-state index contributed by atoms with van der Waals surface area (Å²) in [7, 11) is 0. The molecule has 1 aliphatic heterocycles. The van der Waals surface area contributed by atoms with Crippen LogP contribution in [0.15, 0.2) is 71.7 Å². The van der Waals surface area contributed by atoms with Crippen LogP contribution in [0.3, 0.4) is 0 Å². The number of thiazole rings is 1. The van der Waals surface area contributed by atoms with Gasteiger partial charge in [0.05, 0.1) is 21.9 Å². The summed E-state index contributed by atoms with van der Waals surface area (Å²) in [5.74, 6) is 0. The first kappa shape index (κ1) is 21.7. The van der Waals surface area contributed by atoms with E-state index < -0.39 is 0 Å². The van der Waals surface area contributed by atoms with Crippen LogP contribution in [-0.4, -0.2) is 32.9 Å². The molecule has 0 radical (unpaired) electrons. The highest BCUT2D eigenvalue weighted by Gasteiger charge is 2.50. The Kier molecular flexibility index (Phi) is 5.49. The fourth-order valence-electron chi connectivity index (χ4n) is 5.24. The summed E-state index contributed by atoms with van der Waals surface area (Å²) in [6.45, 7) is 0.843. The van der Waals surface area contributed by atoms with Gasteiger partial charge in [-0.25, -0.2) is 9.98 Å². The maximum atomic E-state index is 6.09. The van der Waals surface area contributed by atoms with Crippen molar-refractivity contribution in [1.29, 1.82) is 0 Å². The predicted molar refractivity (Wildman–Crippen MR) is 149 cm³/mol. The lowest BCUT2D eigenvalue weighted by atomic mass is 10.1.